The zero-order chi connectivity index (χ0) is 20.5. The number of hydrogen-bond acceptors (Lipinski definition) is 2. The molecule has 0 fully saturated rings. The van der Waals surface area contributed by atoms with Crippen molar-refractivity contribution in [2.45, 2.75) is 19.6 Å². The third-order valence-electron chi connectivity index (χ3n) is 4.73. The molecule has 0 aliphatic carbocycles. The fraction of sp³-hybridized carbons (Fsp3) is 0.130. The van der Waals surface area contributed by atoms with Crippen LogP contribution in [0.25, 0.3) is 22.3 Å². The number of carboxylic acids is 2. The minimum Gasteiger partial charge on any atom is -0.478 e. The van der Waals surface area contributed by atoms with Crippen molar-refractivity contribution in [1.82, 2.24) is 0 Å². The van der Waals surface area contributed by atoms with E-state index in [4.69, 9.17) is 10.2 Å². The summed E-state index contributed by atoms with van der Waals surface area (Å²) >= 11 is 0. The van der Waals surface area contributed by atoms with Gasteiger partial charge in [0.15, 0.2) is 0 Å². The molecule has 28 heavy (non-hydrogen) atoms. The van der Waals surface area contributed by atoms with Crippen LogP contribution in [0.15, 0.2) is 66.7 Å². The van der Waals surface area contributed by atoms with Gasteiger partial charge >= 0.3 is 11.9 Å². The summed E-state index contributed by atoms with van der Waals surface area (Å²) in [6.07, 6.45) is 0. The lowest BCUT2D eigenvalue weighted by Gasteiger charge is -2.20. The lowest BCUT2D eigenvalue weighted by molar-refractivity contribution is 0.0686. The van der Waals surface area contributed by atoms with Gasteiger partial charge in [0.25, 0.3) is 0 Å². The van der Waals surface area contributed by atoms with Gasteiger partial charge in [0.05, 0.1) is 19.2 Å². The third kappa shape index (κ3) is 4.21. The van der Waals surface area contributed by atoms with Crippen LogP contribution >= 0.6 is 0 Å². The first-order chi connectivity index (χ1) is 13.1. The molecule has 142 valence electrons. The Bertz CT molecular complexity index is 954. The van der Waals surface area contributed by atoms with E-state index in [1.54, 1.807) is 24.3 Å². The molecule has 0 aliphatic rings. The number of hydrogen-bond donors (Lipinski definition) is 2. The second-order valence-corrected chi connectivity index (χ2v) is 12.9. The number of rotatable bonds is 5. The average molecular weight is 391 g/mol. The highest BCUT2D eigenvalue weighted by Gasteiger charge is 2.19. The second kappa shape index (κ2) is 7.44. The van der Waals surface area contributed by atoms with E-state index >= 15 is 0 Å². The Kier molecular flexibility index (Phi) is 5.20. The molecule has 0 saturated heterocycles. The normalized spacial score (nSPS) is 11.2. The fourth-order valence-electron chi connectivity index (χ4n) is 3.00. The minimum atomic E-state index is -1.61. The van der Waals surface area contributed by atoms with Crippen molar-refractivity contribution in [3.63, 3.8) is 0 Å². The van der Waals surface area contributed by atoms with Gasteiger partial charge in [0.1, 0.15) is 0 Å². The maximum absolute atomic E-state index is 11.1. The quantitative estimate of drug-likeness (QED) is 0.604. The van der Waals surface area contributed by atoms with E-state index in [9.17, 15) is 9.59 Å². The summed E-state index contributed by atoms with van der Waals surface area (Å²) in [5, 5.41) is 19.5. The number of carbonyl (C=O) groups is 2. The predicted octanol–water partition coefficient (Wildman–Crippen LogP) is 4.96. The van der Waals surface area contributed by atoms with E-state index in [0.717, 1.165) is 22.3 Å². The lowest BCUT2D eigenvalue weighted by atomic mass is 9.97. The Labute approximate surface area is 165 Å². The third-order valence-corrected chi connectivity index (χ3v) is 6.75. The molecule has 0 heterocycles. The van der Waals surface area contributed by atoms with Crippen molar-refractivity contribution in [1.29, 1.82) is 0 Å². The number of carboxylic acid groups (broad SMARTS) is 2. The molecule has 4 nitrogen and oxygen atoms in total. The monoisotopic (exact) mass is 390 g/mol. The molecule has 2 N–H and O–H groups in total. The Morgan fingerprint density at radius 2 is 0.964 bits per heavy atom. The van der Waals surface area contributed by atoms with Crippen LogP contribution in [0.4, 0.5) is 0 Å². The van der Waals surface area contributed by atoms with Gasteiger partial charge in [-0.05, 0) is 52.6 Å². The second-order valence-electron chi connectivity index (χ2n) is 7.81. The van der Waals surface area contributed by atoms with E-state index in [1.807, 2.05) is 24.3 Å². The zero-order valence-electron chi connectivity index (χ0n) is 16.1. The first-order valence-corrected chi connectivity index (χ1v) is 12.5. The summed E-state index contributed by atoms with van der Waals surface area (Å²) in [6, 6.07) is 20.2. The van der Waals surface area contributed by atoms with Gasteiger partial charge in [-0.1, -0.05) is 61.2 Å². The van der Waals surface area contributed by atoms with Crippen LogP contribution in [-0.4, -0.2) is 30.2 Å². The largest absolute Gasteiger partial charge is 0.478 e. The van der Waals surface area contributed by atoms with E-state index in [-0.39, 0.29) is 11.1 Å². The molecule has 3 rings (SSSR count). The van der Waals surface area contributed by atoms with E-state index in [0.29, 0.717) is 0 Å². The maximum Gasteiger partial charge on any atom is 0.335 e. The summed E-state index contributed by atoms with van der Waals surface area (Å²) in [6.45, 7) is 6.82. The van der Waals surface area contributed by atoms with Gasteiger partial charge in [0.2, 0.25) is 0 Å². The van der Waals surface area contributed by atoms with E-state index < -0.39 is 20.0 Å². The van der Waals surface area contributed by atoms with Gasteiger partial charge in [-0.2, -0.15) is 0 Å². The topological polar surface area (TPSA) is 74.6 Å². The molecule has 0 unspecified atom stereocenters. The molecule has 0 radical (unpaired) electrons. The van der Waals surface area contributed by atoms with Gasteiger partial charge in [-0.3, -0.25) is 0 Å². The summed E-state index contributed by atoms with van der Waals surface area (Å²) < 4.78 is 0. The van der Waals surface area contributed by atoms with Crippen molar-refractivity contribution in [3.05, 3.63) is 77.9 Å². The van der Waals surface area contributed by atoms with Crippen molar-refractivity contribution in [2.24, 2.45) is 0 Å². The number of aromatic carboxylic acids is 2. The van der Waals surface area contributed by atoms with Crippen LogP contribution in [0.1, 0.15) is 20.7 Å². The highest BCUT2D eigenvalue weighted by atomic mass is 28.3. The molecule has 0 bridgehead atoms. The molecule has 0 aromatic heterocycles. The zero-order valence-corrected chi connectivity index (χ0v) is 17.1. The molecular weight excluding hydrogens is 368 g/mol. The summed E-state index contributed by atoms with van der Waals surface area (Å²) in [5.41, 5.74) is 4.47. The highest BCUT2D eigenvalue weighted by Crippen LogP contribution is 2.27. The van der Waals surface area contributed by atoms with Crippen LogP contribution in [0.3, 0.4) is 0 Å². The van der Waals surface area contributed by atoms with Gasteiger partial charge in [-0.25, -0.2) is 9.59 Å². The molecule has 5 heteroatoms. The summed E-state index contributed by atoms with van der Waals surface area (Å²) in [7, 11) is -1.61. The van der Waals surface area contributed by atoms with Crippen LogP contribution in [0.5, 0.6) is 0 Å². The Hall–Kier alpha value is -3.18. The van der Waals surface area contributed by atoms with Crippen molar-refractivity contribution >= 4 is 25.2 Å². The predicted molar refractivity (Wildman–Crippen MR) is 114 cm³/mol. The Balaban J connectivity index is 2.11. The fourth-order valence-corrected chi connectivity index (χ4v) is 4.18. The van der Waals surface area contributed by atoms with Crippen LogP contribution in [0.2, 0.25) is 19.6 Å². The molecule has 0 saturated carbocycles. The first kappa shape index (κ1) is 19.6. The van der Waals surface area contributed by atoms with Crippen molar-refractivity contribution < 1.29 is 19.8 Å². The molecule has 0 amide bonds. The van der Waals surface area contributed by atoms with E-state index in [1.165, 1.54) is 5.19 Å². The van der Waals surface area contributed by atoms with E-state index in [2.05, 4.69) is 37.8 Å². The van der Waals surface area contributed by atoms with Gasteiger partial charge in [0, 0.05) is 0 Å². The molecule has 0 spiro atoms. The molecule has 0 atom stereocenters. The maximum atomic E-state index is 11.1. The minimum absolute atomic E-state index is 0.259. The standard InChI is InChI=1S/C23H22O4Si/c1-28(2,3)21-13-19(15-4-8-17(9-5-15)22(24)25)12-20(14-21)16-6-10-18(11-7-16)23(26)27/h4-14H,1-3H3,(H,24,25)(H,26,27). The lowest BCUT2D eigenvalue weighted by Crippen LogP contribution is -2.37. The Morgan fingerprint density at radius 1 is 0.607 bits per heavy atom. The van der Waals surface area contributed by atoms with Crippen LogP contribution < -0.4 is 5.19 Å². The smallest absolute Gasteiger partial charge is 0.335 e. The van der Waals surface area contributed by atoms with Gasteiger partial charge in [-0.15, -0.1) is 0 Å². The summed E-state index contributed by atoms with van der Waals surface area (Å²) in [4.78, 5) is 22.2. The molecular formula is C23H22O4Si. The van der Waals surface area contributed by atoms with Gasteiger partial charge < -0.3 is 10.2 Å². The SMILES string of the molecule is C[Si](C)(C)c1cc(-c2ccc(C(=O)O)cc2)cc(-c2ccc(C(=O)O)cc2)c1. The number of benzene rings is 3. The van der Waals surface area contributed by atoms with Crippen LogP contribution in [0, 0.1) is 0 Å². The van der Waals surface area contributed by atoms with Crippen LogP contribution in [-0.2, 0) is 0 Å². The van der Waals surface area contributed by atoms with Crippen molar-refractivity contribution in [2.75, 3.05) is 0 Å². The Morgan fingerprint density at radius 3 is 1.25 bits per heavy atom. The molecule has 3 aromatic rings. The van der Waals surface area contributed by atoms with Crippen molar-refractivity contribution in [3.8, 4) is 22.3 Å². The average Bonchev–Trinajstić information content (AvgIpc) is 2.67. The summed E-state index contributed by atoms with van der Waals surface area (Å²) in [5.74, 6) is -1.89. The first-order valence-electron chi connectivity index (χ1n) is 8.98. The molecule has 3 aromatic carbocycles. The highest BCUT2D eigenvalue weighted by molar-refractivity contribution is 6.88. The molecule has 0 aliphatic heterocycles.